The van der Waals surface area contributed by atoms with Crippen molar-refractivity contribution in [3.63, 3.8) is 0 Å². The number of benzene rings is 2. The number of hydrogen-bond donors (Lipinski definition) is 0. The number of esters is 1. The molecule has 3 heterocycles. The van der Waals surface area contributed by atoms with Crippen molar-refractivity contribution in [2.45, 2.75) is 20.5 Å². The molecular weight excluding hydrogens is 436 g/mol. The summed E-state index contributed by atoms with van der Waals surface area (Å²) in [5.41, 5.74) is 4.68. The minimum absolute atomic E-state index is 0.106. The second-order valence-corrected chi connectivity index (χ2v) is 8.53. The van der Waals surface area contributed by atoms with Gasteiger partial charge in [0.1, 0.15) is 17.9 Å². The number of aromatic nitrogens is 4. The molecule has 33 heavy (non-hydrogen) atoms. The molecule has 0 saturated heterocycles. The Kier molecular flexibility index (Phi) is 5.35. The van der Waals surface area contributed by atoms with E-state index in [1.54, 1.807) is 10.9 Å². The summed E-state index contributed by atoms with van der Waals surface area (Å²) in [6, 6.07) is 18.8. The predicted molar refractivity (Wildman–Crippen MR) is 127 cm³/mol. The summed E-state index contributed by atoms with van der Waals surface area (Å²) in [6.07, 6.45) is 1.67. The molecule has 0 saturated carbocycles. The van der Waals surface area contributed by atoms with Crippen LogP contribution in [0.3, 0.4) is 0 Å². The van der Waals surface area contributed by atoms with Crippen molar-refractivity contribution in [3.8, 4) is 16.9 Å². The molecule has 0 unspecified atom stereocenters. The normalized spacial score (nSPS) is 11.1. The van der Waals surface area contributed by atoms with E-state index in [1.165, 1.54) is 21.8 Å². The van der Waals surface area contributed by atoms with E-state index in [4.69, 9.17) is 4.74 Å². The molecule has 0 N–H and O–H groups in total. The fourth-order valence-electron chi connectivity index (χ4n) is 3.55. The van der Waals surface area contributed by atoms with Crippen LogP contribution in [0.5, 0.6) is 0 Å². The van der Waals surface area contributed by atoms with Crippen LogP contribution in [0.1, 0.15) is 27.3 Å². The van der Waals surface area contributed by atoms with Crippen molar-refractivity contribution in [2.24, 2.45) is 0 Å². The fraction of sp³-hybridized carbons (Fsp3) is 0.120. The third kappa shape index (κ3) is 4.08. The van der Waals surface area contributed by atoms with Crippen LogP contribution < -0.4 is 5.56 Å². The Hall–Kier alpha value is -4.04. The Morgan fingerprint density at radius 2 is 1.82 bits per heavy atom. The summed E-state index contributed by atoms with van der Waals surface area (Å²) in [5, 5.41) is 6.53. The van der Waals surface area contributed by atoms with E-state index in [0.29, 0.717) is 21.9 Å². The highest BCUT2D eigenvalue weighted by atomic mass is 32.1. The second kappa shape index (κ2) is 8.48. The monoisotopic (exact) mass is 456 g/mol. The summed E-state index contributed by atoms with van der Waals surface area (Å²) in [7, 11) is 0. The molecule has 0 aliphatic carbocycles. The molecule has 0 amide bonds. The van der Waals surface area contributed by atoms with Crippen molar-refractivity contribution < 1.29 is 9.53 Å². The topological polar surface area (TPSA) is 78.5 Å². The summed E-state index contributed by atoms with van der Waals surface area (Å²) in [5.74, 6) is -0.531. The van der Waals surface area contributed by atoms with Crippen molar-refractivity contribution in [1.82, 2.24) is 19.2 Å². The Morgan fingerprint density at radius 3 is 2.58 bits per heavy atom. The van der Waals surface area contributed by atoms with Crippen molar-refractivity contribution in [3.05, 3.63) is 105 Å². The zero-order chi connectivity index (χ0) is 22.9. The van der Waals surface area contributed by atoms with Crippen molar-refractivity contribution in [1.29, 1.82) is 0 Å². The first kappa shape index (κ1) is 20.8. The number of aryl methyl sites for hydroxylation is 2. The van der Waals surface area contributed by atoms with Gasteiger partial charge >= 0.3 is 5.97 Å². The van der Waals surface area contributed by atoms with E-state index in [9.17, 15) is 9.59 Å². The molecule has 0 atom stereocenters. The highest BCUT2D eigenvalue weighted by molar-refractivity contribution is 7.15. The highest BCUT2D eigenvalue weighted by Gasteiger charge is 2.20. The van der Waals surface area contributed by atoms with Crippen molar-refractivity contribution in [2.75, 3.05) is 0 Å². The van der Waals surface area contributed by atoms with E-state index < -0.39 is 5.97 Å². The lowest BCUT2D eigenvalue weighted by molar-refractivity contribution is 0.0468. The van der Waals surface area contributed by atoms with E-state index in [-0.39, 0.29) is 12.2 Å². The Bertz CT molecular complexity index is 1520. The summed E-state index contributed by atoms with van der Waals surface area (Å²) in [4.78, 5) is 30.5. The van der Waals surface area contributed by atoms with Crippen LogP contribution in [-0.4, -0.2) is 25.1 Å². The quantitative estimate of drug-likeness (QED) is 0.362. The molecule has 8 heteroatoms. The average molecular weight is 457 g/mol. The van der Waals surface area contributed by atoms with Gasteiger partial charge < -0.3 is 4.74 Å². The van der Waals surface area contributed by atoms with Gasteiger partial charge in [-0.05, 0) is 26.0 Å². The summed E-state index contributed by atoms with van der Waals surface area (Å²) in [6.45, 7) is 3.76. The Balaban J connectivity index is 1.46. The Morgan fingerprint density at radius 1 is 1.06 bits per heavy atom. The maximum Gasteiger partial charge on any atom is 0.342 e. The molecule has 7 nitrogen and oxygen atoms in total. The van der Waals surface area contributed by atoms with Crippen LogP contribution in [0.15, 0.2) is 77.0 Å². The first-order chi connectivity index (χ1) is 16.0. The van der Waals surface area contributed by atoms with E-state index >= 15 is 0 Å². The number of fused-ring (bicyclic) bond motifs is 1. The number of hydrogen-bond acceptors (Lipinski definition) is 6. The minimum atomic E-state index is -0.531. The third-order valence-corrected chi connectivity index (χ3v) is 6.20. The van der Waals surface area contributed by atoms with Crippen LogP contribution in [0.25, 0.3) is 21.9 Å². The predicted octanol–water partition coefficient (Wildman–Crippen LogP) is 4.58. The van der Waals surface area contributed by atoms with Crippen LogP contribution in [0.4, 0.5) is 0 Å². The van der Waals surface area contributed by atoms with Crippen LogP contribution in [-0.2, 0) is 11.3 Å². The molecule has 0 bridgehead atoms. The SMILES string of the molecule is Cc1ccc(-n2cc(C(=O)OCc3cc(=O)n4c(C)csc4n3)c(-c3ccccc3)n2)cc1. The third-order valence-electron chi connectivity index (χ3n) is 5.26. The second-order valence-electron chi connectivity index (χ2n) is 7.69. The van der Waals surface area contributed by atoms with E-state index in [0.717, 1.165) is 22.5 Å². The molecular formula is C25H20N4O3S. The average Bonchev–Trinajstić information content (AvgIpc) is 3.43. The van der Waals surface area contributed by atoms with Gasteiger partial charge in [-0.15, -0.1) is 11.3 Å². The van der Waals surface area contributed by atoms with Gasteiger partial charge in [0, 0.05) is 28.9 Å². The van der Waals surface area contributed by atoms with Gasteiger partial charge in [0.25, 0.3) is 5.56 Å². The lowest BCUT2D eigenvalue weighted by Gasteiger charge is -2.05. The zero-order valence-corrected chi connectivity index (χ0v) is 18.9. The molecule has 0 aliphatic rings. The lowest BCUT2D eigenvalue weighted by Crippen LogP contribution is -2.16. The number of nitrogens with zero attached hydrogens (tertiary/aromatic N) is 4. The van der Waals surface area contributed by atoms with E-state index in [1.807, 2.05) is 73.8 Å². The minimum Gasteiger partial charge on any atom is -0.455 e. The van der Waals surface area contributed by atoms with Gasteiger partial charge in [-0.25, -0.2) is 14.5 Å². The number of carbonyl (C=O) groups excluding carboxylic acids is 1. The van der Waals surface area contributed by atoms with Gasteiger partial charge in [0.05, 0.1) is 11.4 Å². The first-order valence-electron chi connectivity index (χ1n) is 10.4. The molecule has 164 valence electrons. The fourth-order valence-corrected chi connectivity index (χ4v) is 4.45. The first-order valence-corrected chi connectivity index (χ1v) is 11.2. The van der Waals surface area contributed by atoms with Crippen molar-refractivity contribution >= 4 is 22.3 Å². The molecule has 0 spiro atoms. The van der Waals surface area contributed by atoms with E-state index in [2.05, 4.69) is 10.1 Å². The smallest absolute Gasteiger partial charge is 0.342 e. The van der Waals surface area contributed by atoms with Gasteiger partial charge in [-0.2, -0.15) is 5.10 Å². The van der Waals surface area contributed by atoms with Gasteiger partial charge in [0.2, 0.25) is 0 Å². The molecule has 5 aromatic rings. The molecule has 5 rings (SSSR count). The number of thiazole rings is 1. The maximum atomic E-state index is 13.1. The van der Waals surface area contributed by atoms with Crippen LogP contribution >= 0.6 is 11.3 Å². The number of ether oxygens (including phenoxy) is 1. The number of rotatable bonds is 5. The van der Waals surface area contributed by atoms with Gasteiger partial charge in [-0.3, -0.25) is 9.20 Å². The van der Waals surface area contributed by atoms with Gasteiger partial charge in [-0.1, -0.05) is 48.0 Å². The largest absolute Gasteiger partial charge is 0.455 e. The Labute approximate surface area is 193 Å². The molecule has 0 radical (unpaired) electrons. The maximum absolute atomic E-state index is 13.1. The van der Waals surface area contributed by atoms with Gasteiger partial charge in [0.15, 0.2) is 4.96 Å². The highest BCUT2D eigenvalue weighted by Crippen LogP contribution is 2.25. The molecule has 0 fully saturated rings. The number of carbonyl (C=O) groups is 1. The lowest BCUT2D eigenvalue weighted by atomic mass is 10.1. The zero-order valence-electron chi connectivity index (χ0n) is 18.1. The molecule has 3 aromatic heterocycles. The van der Waals surface area contributed by atoms with Crippen LogP contribution in [0.2, 0.25) is 0 Å². The summed E-state index contributed by atoms with van der Waals surface area (Å²) >= 11 is 1.37. The van der Waals surface area contributed by atoms with Crippen LogP contribution in [0, 0.1) is 13.8 Å². The molecule has 0 aliphatic heterocycles. The molecule has 2 aromatic carbocycles. The summed E-state index contributed by atoms with van der Waals surface area (Å²) < 4.78 is 8.76. The standard InChI is InChI=1S/C25H20N4O3S/c1-16-8-10-20(11-9-16)28-13-21(23(27-28)18-6-4-3-5-7-18)24(31)32-14-19-12-22(30)29-17(2)15-33-25(29)26-19/h3-13,15H,14H2,1-2H3.